The van der Waals surface area contributed by atoms with Gasteiger partial charge in [-0.2, -0.15) is 18.3 Å². The van der Waals surface area contributed by atoms with Crippen LogP contribution in [-0.4, -0.2) is 45.7 Å². The van der Waals surface area contributed by atoms with Gasteiger partial charge in [0.15, 0.2) is 17.2 Å². The van der Waals surface area contributed by atoms with Crippen LogP contribution in [0.2, 0.25) is 0 Å². The maximum Gasteiger partial charge on any atom is 0.420 e. The number of halogens is 6. The van der Waals surface area contributed by atoms with E-state index in [2.05, 4.69) is 10.4 Å². The van der Waals surface area contributed by atoms with E-state index < -0.39 is 53.8 Å². The summed E-state index contributed by atoms with van der Waals surface area (Å²) >= 11 is 0. The van der Waals surface area contributed by atoms with Gasteiger partial charge < -0.3 is 15.7 Å². The molecule has 0 aliphatic heterocycles. The van der Waals surface area contributed by atoms with Crippen molar-refractivity contribution in [1.82, 2.24) is 15.1 Å². The van der Waals surface area contributed by atoms with Crippen molar-refractivity contribution in [2.45, 2.75) is 18.7 Å². The van der Waals surface area contributed by atoms with Gasteiger partial charge in [-0.3, -0.25) is 4.79 Å². The fraction of sp³-hybridized carbons (Fsp3) is 0.200. The molecule has 1 atom stereocenters. The Kier molecular flexibility index (Phi) is 6.87. The third-order valence-corrected chi connectivity index (χ3v) is 5.74. The third-order valence-electron chi connectivity index (χ3n) is 5.74. The molecule has 0 aliphatic rings. The summed E-state index contributed by atoms with van der Waals surface area (Å²) in [6, 6.07) is 11.4. The lowest BCUT2D eigenvalue weighted by molar-refractivity contribution is -0.251. The second-order valence-electron chi connectivity index (χ2n) is 8.45. The number of benzene rings is 3. The predicted molar refractivity (Wildman–Crippen MR) is 124 cm³/mol. The molecular weight excluding hydrogens is 502 g/mol. The number of nitrogens with zero attached hydrogens (tertiary/aromatic N) is 2. The van der Waals surface area contributed by atoms with Crippen molar-refractivity contribution < 1.29 is 36.2 Å². The molecule has 0 saturated heterocycles. The van der Waals surface area contributed by atoms with Gasteiger partial charge in [0.1, 0.15) is 5.82 Å². The summed E-state index contributed by atoms with van der Waals surface area (Å²) in [5.41, 5.74) is -2.36. The number of anilines is 1. The highest BCUT2D eigenvalue weighted by Crippen LogP contribution is 2.33. The quantitative estimate of drug-likeness (QED) is 0.302. The van der Waals surface area contributed by atoms with Crippen molar-refractivity contribution in [2.75, 3.05) is 18.4 Å². The van der Waals surface area contributed by atoms with Crippen LogP contribution in [0.15, 0.2) is 60.8 Å². The number of carbonyl (C=O) groups excluding carboxylic acids is 1. The number of aliphatic hydroxyl groups is 1. The first kappa shape index (κ1) is 26.0. The number of carbonyl (C=O) groups is 1. The van der Waals surface area contributed by atoms with E-state index in [9.17, 15) is 36.2 Å². The van der Waals surface area contributed by atoms with E-state index in [4.69, 9.17) is 0 Å². The van der Waals surface area contributed by atoms with E-state index in [0.717, 1.165) is 18.2 Å². The van der Waals surface area contributed by atoms with Gasteiger partial charge in [-0.15, -0.1) is 0 Å². The Labute approximate surface area is 206 Å². The van der Waals surface area contributed by atoms with Crippen LogP contribution in [0.25, 0.3) is 16.6 Å². The van der Waals surface area contributed by atoms with Gasteiger partial charge in [0.2, 0.25) is 0 Å². The summed E-state index contributed by atoms with van der Waals surface area (Å²) in [5.74, 6) is -4.63. The SMILES string of the molecule is Cc1cc(NCC(O)(CNC(=O)c2cccc(F)c2F)C(F)(F)F)c2cnn(-c3ccc(F)cc3)c2c1. The molecule has 1 heterocycles. The standard InChI is InChI=1S/C25H20F6N4O2/c1-14-9-20(18-11-34-35(21(18)10-14)16-7-5-15(26)6-8-16)32-12-24(37,25(29,30)31)13-33-23(36)17-3-2-4-19(27)22(17)28/h2-11,32,37H,12-13H2,1H3,(H,33,36). The zero-order chi connectivity index (χ0) is 27.0. The lowest BCUT2D eigenvalue weighted by Gasteiger charge is -2.31. The van der Waals surface area contributed by atoms with Crippen LogP contribution in [0, 0.1) is 24.4 Å². The molecule has 0 saturated carbocycles. The third kappa shape index (κ3) is 5.24. The highest BCUT2D eigenvalue weighted by molar-refractivity contribution is 5.95. The molecule has 1 amide bonds. The number of amides is 1. The zero-order valence-corrected chi connectivity index (χ0v) is 19.2. The minimum atomic E-state index is -5.20. The highest BCUT2D eigenvalue weighted by Gasteiger charge is 2.54. The van der Waals surface area contributed by atoms with Gasteiger partial charge in [0.25, 0.3) is 5.91 Å². The normalized spacial score (nSPS) is 13.4. The van der Waals surface area contributed by atoms with E-state index in [0.29, 0.717) is 22.2 Å². The van der Waals surface area contributed by atoms with Crippen LogP contribution >= 0.6 is 0 Å². The number of fused-ring (bicyclic) bond motifs is 1. The average molecular weight is 522 g/mol. The molecule has 0 bridgehead atoms. The van der Waals surface area contributed by atoms with Crippen molar-refractivity contribution in [1.29, 1.82) is 0 Å². The number of hydrogen-bond donors (Lipinski definition) is 3. The molecule has 1 unspecified atom stereocenters. The smallest absolute Gasteiger partial charge is 0.381 e. The molecule has 0 spiro atoms. The largest absolute Gasteiger partial charge is 0.420 e. The monoisotopic (exact) mass is 522 g/mol. The molecule has 4 aromatic rings. The minimum Gasteiger partial charge on any atom is -0.381 e. The first-order valence-electron chi connectivity index (χ1n) is 10.9. The van der Waals surface area contributed by atoms with E-state index in [1.54, 1.807) is 19.1 Å². The summed E-state index contributed by atoms with van der Waals surface area (Å²) in [5, 5.41) is 19.5. The van der Waals surface area contributed by atoms with Crippen LogP contribution < -0.4 is 10.6 Å². The number of aryl methyl sites for hydroxylation is 1. The van der Waals surface area contributed by atoms with Gasteiger partial charge in [-0.1, -0.05) is 6.07 Å². The van der Waals surface area contributed by atoms with Gasteiger partial charge >= 0.3 is 6.18 Å². The Morgan fingerprint density at radius 2 is 1.73 bits per heavy atom. The number of rotatable bonds is 7. The topological polar surface area (TPSA) is 79.2 Å². The van der Waals surface area contributed by atoms with Gasteiger partial charge in [0, 0.05) is 11.1 Å². The fourth-order valence-electron chi connectivity index (χ4n) is 3.71. The van der Waals surface area contributed by atoms with Crippen LogP contribution in [0.5, 0.6) is 0 Å². The molecule has 1 aromatic heterocycles. The highest BCUT2D eigenvalue weighted by atomic mass is 19.4. The lowest BCUT2D eigenvalue weighted by Crippen LogP contribution is -2.57. The van der Waals surface area contributed by atoms with Crippen LogP contribution in [0.3, 0.4) is 0 Å². The molecule has 0 fully saturated rings. The molecule has 6 nitrogen and oxygen atoms in total. The molecular formula is C25H20F6N4O2. The number of aromatic nitrogens is 2. The van der Waals surface area contributed by atoms with Crippen LogP contribution in [-0.2, 0) is 0 Å². The second kappa shape index (κ2) is 9.77. The molecule has 0 radical (unpaired) electrons. The average Bonchev–Trinajstić information content (AvgIpc) is 3.26. The summed E-state index contributed by atoms with van der Waals surface area (Å²) in [6.45, 7) is -0.707. The van der Waals surface area contributed by atoms with Crippen LogP contribution in [0.1, 0.15) is 15.9 Å². The van der Waals surface area contributed by atoms with E-state index in [1.165, 1.54) is 35.1 Å². The van der Waals surface area contributed by atoms with E-state index >= 15 is 0 Å². The summed E-state index contributed by atoms with van der Waals surface area (Å²) in [7, 11) is 0. The van der Waals surface area contributed by atoms with E-state index in [1.807, 2.05) is 5.32 Å². The van der Waals surface area contributed by atoms with Gasteiger partial charge in [-0.05, 0) is 61.0 Å². The Morgan fingerprint density at radius 1 is 1.03 bits per heavy atom. The number of nitrogens with one attached hydrogen (secondary N) is 2. The number of hydrogen-bond acceptors (Lipinski definition) is 4. The minimum absolute atomic E-state index is 0.216. The first-order valence-corrected chi connectivity index (χ1v) is 10.9. The second-order valence-corrected chi connectivity index (χ2v) is 8.45. The fourth-order valence-corrected chi connectivity index (χ4v) is 3.71. The molecule has 12 heteroatoms. The molecule has 194 valence electrons. The molecule has 0 aliphatic carbocycles. The van der Waals surface area contributed by atoms with Crippen molar-refractivity contribution in [3.63, 3.8) is 0 Å². The summed E-state index contributed by atoms with van der Waals surface area (Å²) < 4.78 is 83.5. The Bertz CT molecular complexity index is 1450. The van der Waals surface area contributed by atoms with Crippen molar-refractivity contribution in [3.05, 3.63) is 89.4 Å². The maximum absolute atomic E-state index is 13.8. The Morgan fingerprint density at radius 3 is 2.41 bits per heavy atom. The maximum atomic E-state index is 13.8. The van der Waals surface area contributed by atoms with Crippen LogP contribution in [0.4, 0.5) is 32.0 Å². The molecule has 3 aromatic carbocycles. The summed E-state index contributed by atoms with van der Waals surface area (Å²) in [4.78, 5) is 12.2. The summed E-state index contributed by atoms with van der Waals surface area (Å²) in [6.07, 6.45) is -3.80. The Balaban J connectivity index is 1.58. The van der Waals surface area contributed by atoms with Gasteiger partial charge in [0.05, 0.1) is 36.1 Å². The van der Waals surface area contributed by atoms with Gasteiger partial charge in [-0.25, -0.2) is 17.9 Å². The van der Waals surface area contributed by atoms with Crippen molar-refractivity contribution in [2.24, 2.45) is 0 Å². The zero-order valence-electron chi connectivity index (χ0n) is 19.2. The lowest BCUT2D eigenvalue weighted by atomic mass is 10.0. The van der Waals surface area contributed by atoms with E-state index in [-0.39, 0.29) is 5.69 Å². The molecule has 37 heavy (non-hydrogen) atoms. The predicted octanol–water partition coefficient (Wildman–Crippen LogP) is 4.89. The van der Waals surface area contributed by atoms with Crippen molar-refractivity contribution in [3.8, 4) is 5.69 Å². The number of alkyl halides is 3. The molecule has 4 rings (SSSR count). The molecule has 3 N–H and O–H groups in total. The van der Waals surface area contributed by atoms with Crippen molar-refractivity contribution >= 4 is 22.5 Å². The first-order chi connectivity index (χ1) is 17.4. The Hall–Kier alpha value is -4.06.